The van der Waals surface area contributed by atoms with Gasteiger partial charge in [-0.3, -0.25) is 4.79 Å². The van der Waals surface area contributed by atoms with Crippen molar-refractivity contribution in [2.24, 2.45) is 0 Å². The summed E-state index contributed by atoms with van der Waals surface area (Å²) < 4.78 is 2.03. The van der Waals surface area contributed by atoms with Crippen LogP contribution in [0.5, 0.6) is 0 Å². The maximum atomic E-state index is 13.1. The summed E-state index contributed by atoms with van der Waals surface area (Å²) in [5, 5.41) is 10.9. The van der Waals surface area contributed by atoms with E-state index in [1.807, 2.05) is 30.7 Å². The van der Waals surface area contributed by atoms with Gasteiger partial charge in [0.15, 0.2) is 10.9 Å². The van der Waals surface area contributed by atoms with E-state index in [0.29, 0.717) is 0 Å². The SMILES string of the molecule is CC(Sc1nncn1CCc1cccs1)C(=O)/C=C1/N(C)c2ccccc2C1(C)C. The third-order valence-electron chi connectivity index (χ3n) is 5.66. The number of aryl methyl sites for hydroxylation is 2. The first-order valence-electron chi connectivity index (χ1n) is 10.0. The average molecular weight is 439 g/mol. The molecule has 0 fully saturated rings. The highest BCUT2D eigenvalue weighted by molar-refractivity contribution is 8.00. The van der Waals surface area contributed by atoms with E-state index in [2.05, 4.69) is 64.7 Å². The van der Waals surface area contributed by atoms with E-state index in [1.54, 1.807) is 17.7 Å². The van der Waals surface area contributed by atoms with Crippen LogP contribution in [0.2, 0.25) is 0 Å². The molecule has 0 N–H and O–H groups in total. The predicted molar refractivity (Wildman–Crippen MR) is 124 cm³/mol. The Balaban J connectivity index is 1.47. The third kappa shape index (κ3) is 3.96. The Bertz CT molecular complexity index is 1070. The van der Waals surface area contributed by atoms with Gasteiger partial charge in [-0.1, -0.05) is 49.9 Å². The molecule has 30 heavy (non-hydrogen) atoms. The number of para-hydroxylation sites is 1. The summed E-state index contributed by atoms with van der Waals surface area (Å²) in [6, 6.07) is 12.5. The zero-order valence-corrected chi connectivity index (χ0v) is 19.3. The summed E-state index contributed by atoms with van der Waals surface area (Å²) in [6.07, 6.45) is 4.49. The second-order valence-corrected chi connectivity index (χ2v) is 10.4. The first-order chi connectivity index (χ1) is 14.4. The van der Waals surface area contributed by atoms with E-state index >= 15 is 0 Å². The molecule has 0 spiro atoms. The number of ketones is 1. The number of carbonyl (C=O) groups excluding carboxylic acids is 1. The molecule has 1 atom stereocenters. The molecule has 0 aliphatic carbocycles. The highest BCUT2D eigenvalue weighted by Gasteiger charge is 2.38. The molecule has 0 saturated heterocycles. The second kappa shape index (κ2) is 8.40. The molecular weight excluding hydrogens is 412 g/mol. The van der Waals surface area contributed by atoms with Crippen molar-refractivity contribution in [3.05, 3.63) is 70.3 Å². The first-order valence-corrected chi connectivity index (χ1v) is 11.8. The first kappa shape index (κ1) is 20.9. The summed E-state index contributed by atoms with van der Waals surface area (Å²) in [5.74, 6) is 0.0931. The number of benzene rings is 1. The Morgan fingerprint density at radius 3 is 2.80 bits per heavy atom. The van der Waals surface area contributed by atoms with Crippen molar-refractivity contribution < 1.29 is 4.79 Å². The average Bonchev–Trinajstić information content (AvgIpc) is 3.44. The van der Waals surface area contributed by atoms with Crippen molar-refractivity contribution >= 4 is 34.6 Å². The zero-order valence-electron chi connectivity index (χ0n) is 17.7. The number of allylic oxidation sites excluding steroid dienone is 2. The number of hydrogen-bond acceptors (Lipinski definition) is 6. The van der Waals surface area contributed by atoms with Crippen LogP contribution < -0.4 is 4.90 Å². The van der Waals surface area contributed by atoms with E-state index in [-0.39, 0.29) is 16.4 Å². The molecule has 0 bridgehead atoms. The lowest BCUT2D eigenvalue weighted by Gasteiger charge is -2.24. The zero-order chi connectivity index (χ0) is 21.3. The molecule has 1 aliphatic rings. The quantitative estimate of drug-likeness (QED) is 0.386. The van der Waals surface area contributed by atoms with E-state index in [9.17, 15) is 4.79 Å². The fraction of sp³-hybridized carbons (Fsp3) is 0.348. The Hall–Kier alpha value is -2.38. The lowest BCUT2D eigenvalue weighted by atomic mass is 9.83. The minimum absolute atomic E-state index is 0.0931. The normalized spacial score (nSPS) is 17.3. The van der Waals surface area contributed by atoms with Crippen molar-refractivity contribution in [2.45, 2.75) is 49.6 Å². The molecule has 2 aromatic heterocycles. The molecule has 5 nitrogen and oxygen atoms in total. The number of likely N-dealkylation sites (N-methyl/N-ethyl adjacent to an activating group) is 1. The van der Waals surface area contributed by atoms with Crippen LogP contribution in [-0.2, 0) is 23.2 Å². The molecular formula is C23H26N4OS2. The summed E-state index contributed by atoms with van der Waals surface area (Å²) in [4.78, 5) is 16.6. The Morgan fingerprint density at radius 2 is 2.07 bits per heavy atom. The Labute approximate surface area is 185 Å². The maximum absolute atomic E-state index is 13.1. The minimum atomic E-state index is -0.241. The van der Waals surface area contributed by atoms with Crippen LogP contribution in [-0.4, -0.2) is 32.8 Å². The van der Waals surface area contributed by atoms with Gasteiger partial charge in [0.1, 0.15) is 6.33 Å². The third-order valence-corrected chi connectivity index (χ3v) is 7.71. The van der Waals surface area contributed by atoms with E-state index in [1.165, 1.54) is 22.2 Å². The molecule has 0 amide bonds. The maximum Gasteiger partial charge on any atom is 0.191 e. The molecule has 3 heterocycles. The van der Waals surface area contributed by atoms with Gasteiger partial charge in [0.05, 0.1) is 5.25 Å². The fourth-order valence-corrected chi connectivity index (χ4v) is 5.47. The van der Waals surface area contributed by atoms with E-state index in [0.717, 1.165) is 29.5 Å². The topological polar surface area (TPSA) is 51.0 Å². The minimum Gasteiger partial charge on any atom is -0.347 e. The number of rotatable bonds is 7. The number of nitrogens with zero attached hydrogens (tertiary/aromatic N) is 4. The summed E-state index contributed by atoms with van der Waals surface area (Å²) in [6.45, 7) is 7.10. The molecule has 1 aromatic carbocycles. The summed E-state index contributed by atoms with van der Waals surface area (Å²) >= 11 is 3.23. The number of thioether (sulfide) groups is 1. The van der Waals surface area contributed by atoms with Gasteiger partial charge in [0, 0.05) is 41.3 Å². The number of fused-ring (bicyclic) bond motifs is 1. The van der Waals surface area contributed by atoms with Gasteiger partial charge in [0.2, 0.25) is 0 Å². The van der Waals surface area contributed by atoms with Gasteiger partial charge in [-0.2, -0.15) is 0 Å². The lowest BCUT2D eigenvalue weighted by Crippen LogP contribution is -2.25. The lowest BCUT2D eigenvalue weighted by molar-refractivity contribution is -0.114. The Kier molecular flexibility index (Phi) is 5.84. The highest BCUT2D eigenvalue weighted by atomic mass is 32.2. The molecule has 1 aliphatic heterocycles. The predicted octanol–water partition coefficient (Wildman–Crippen LogP) is 4.94. The Morgan fingerprint density at radius 1 is 1.27 bits per heavy atom. The van der Waals surface area contributed by atoms with Crippen LogP contribution in [0.15, 0.2) is 65.0 Å². The van der Waals surface area contributed by atoms with Crippen LogP contribution in [0, 0.1) is 0 Å². The second-order valence-electron chi connectivity index (χ2n) is 8.03. The van der Waals surface area contributed by atoms with Crippen LogP contribution in [0.4, 0.5) is 5.69 Å². The molecule has 0 saturated carbocycles. The smallest absolute Gasteiger partial charge is 0.191 e. The number of aromatic nitrogens is 3. The molecule has 156 valence electrons. The summed E-state index contributed by atoms with van der Waals surface area (Å²) in [5.41, 5.74) is 3.24. The van der Waals surface area contributed by atoms with E-state index < -0.39 is 0 Å². The fourth-order valence-electron chi connectivity index (χ4n) is 3.90. The molecule has 4 rings (SSSR count). The van der Waals surface area contributed by atoms with Gasteiger partial charge >= 0.3 is 0 Å². The number of anilines is 1. The highest BCUT2D eigenvalue weighted by Crippen LogP contribution is 2.46. The van der Waals surface area contributed by atoms with Crippen molar-refractivity contribution in [1.82, 2.24) is 14.8 Å². The van der Waals surface area contributed by atoms with E-state index in [4.69, 9.17) is 0 Å². The van der Waals surface area contributed by atoms with Gasteiger partial charge in [-0.25, -0.2) is 0 Å². The summed E-state index contributed by atoms with van der Waals surface area (Å²) in [7, 11) is 2.03. The largest absolute Gasteiger partial charge is 0.347 e. The van der Waals surface area contributed by atoms with Crippen LogP contribution >= 0.6 is 23.1 Å². The van der Waals surface area contributed by atoms with Crippen molar-refractivity contribution in [3.8, 4) is 0 Å². The number of carbonyl (C=O) groups is 1. The van der Waals surface area contributed by atoms with Crippen molar-refractivity contribution in [3.63, 3.8) is 0 Å². The monoisotopic (exact) mass is 438 g/mol. The molecule has 1 unspecified atom stereocenters. The number of hydrogen-bond donors (Lipinski definition) is 0. The molecule has 0 radical (unpaired) electrons. The van der Waals surface area contributed by atoms with Gasteiger partial charge < -0.3 is 9.47 Å². The van der Waals surface area contributed by atoms with Gasteiger partial charge in [-0.15, -0.1) is 21.5 Å². The van der Waals surface area contributed by atoms with Crippen LogP contribution in [0.1, 0.15) is 31.2 Å². The van der Waals surface area contributed by atoms with Gasteiger partial charge in [-0.05, 0) is 36.4 Å². The number of thiophene rings is 1. The van der Waals surface area contributed by atoms with Crippen molar-refractivity contribution in [2.75, 3.05) is 11.9 Å². The van der Waals surface area contributed by atoms with Crippen molar-refractivity contribution in [1.29, 1.82) is 0 Å². The van der Waals surface area contributed by atoms with Crippen LogP contribution in [0.25, 0.3) is 0 Å². The van der Waals surface area contributed by atoms with Crippen LogP contribution in [0.3, 0.4) is 0 Å². The standard InChI is InChI=1S/C23H26N4OS2/c1-16(30-22-25-24-15-27(22)12-11-17-8-7-13-29-17)20(28)14-21-23(2,3)18-9-5-6-10-19(18)26(21)4/h5-10,13-16H,11-12H2,1-4H3/b21-14+. The molecule has 3 aromatic rings. The molecule has 7 heteroatoms. The van der Waals surface area contributed by atoms with Gasteiger partial charge in [0.25, 0.3) is 0 Å².